The van der Waals surface area contributed by atoms with Gasteiger partial charge in [-0.2, -0.15) is 9.61 Å². The maximum Gasteiger partial charge on any atom is 0.256 e. The lowest BCUT2D eigenvalue weighted by molar-refractivity contribution is 0.275. The van der Waals surface area contributed by atoms with E-state index in [9.17, 15) is 8.78 Å². The Bertz CT molecular complexity index is 1210. The molecule has 3 aromatic heterocycles. The number of aryl methyl sites for hydroxylation is 1. The predicted octanol–water partition coefficient (Wildman–Crippen LogP) is 2.38. The molecule has 0 aliphatic carbocycles. The second-order valence-electron chi connectivity index (χ2n) is 7.04. The van der Waals surface area contributed by atoms with Crippen LogP contribution in [0.3, 0.4) is 0 Å². The highest BCUT2D eigenvalue weighted by molar-refractivity contribution is 5.66. The fraction of sp³-hybridized carbons (Fsp3) is 0.316. The molecule has 11 heteroatoms. The Morgan fingerprint density at radius 3 is 2.67 bits per heavy atom. The molecule has 1 aromatic carbocycles. The van der Waals surface area contributed by atoms with Crippen molar-refractivity contribution >= 4 is 11.3 Å². The van der Waals surface area contributed by atoms with E-state index in [2.05, 4.69) is 30.3 Å². The van der Waals surface area contributed by atoms with E-state index < -0.39 is 11.6 Å². The van der Waals surface area contributed by atoms with Crippen LogP contribution in [0.5, 0.6) is 5.88 Å². The van der Waals surface area contributed by atoms with Crippen LogP contribution in [-0.4, -0.2) is 47.7 Å². The summed E-state index contributed by atoms with van der Waals surface area (Å²) < 4.78 is 36.7. The second kappa shape index (κ2) is 7.32. The summed E-state index contributed by atoms with van der Waals surface area (Å²) in [6.45, 7) is 1.93. The molecule has 0 saturated carbocycles. The summed E-state index contributed by atoms with van der Waals surface area (Å²) in [5, 5.41) is 16.8. The normalized spacial score (nSPS) is 14.0. The molecule has 1 saturated heterocycles. The van der Waals surface area contributed by atoms with E-state index in [0.29, 0.717) is 17.4 Å². The van der Waals surface area contributed by atoms with Gasteiger partial charge < -0.3 is 9.64 Å². The van der Waals surface area contributed by atoms with Gasteiger partial charge in [-0.25, -0.2) is 13.8 Å². The Morgan fingerprint density at radius 1 is 1.10 bits per heavy atom. The predicted molar refractivity (Wildman–Crippen MR) is 103 cm³/mol. The molecule has 4 aromatic rings. The average Bonchev–Trinajstić information content (AvgIpc) is 3.47. The number of anilines is 1. The van der Waals surface area contributed by atoms with Gasteiger partial charge in [0.2, 0.25) is 0 Å². The molecule has 0 amide bonds. The zero-order valence-electron chi connectivity index (χ0n) is 16.2. The number of hydrogen-bond acceptors (Lipinski definition) is 7. The number of fused-ring (bicyclic) bond motifs is 1. The average molecular weight is 412 g/mol. The summed E-state index contributed by atoms with van der Waals surface area (Å²) in [5.41, 5.74) is 1.34. The molecule has 4 heterocycles. The van der Waals surface area contributed by atoms with Gasteiger partial charge in [-0.05, 0) is 25.0 Å². The van der Waals surface area contributed by atoms with Crippen LogP contribution in [-0.2, 0) is 13.7 Å². The summed E-state index contributed by atoms with van der Waals surface area (Å²) in [6, 6.07) is 5.11. The molecule has 5 rings (SSSR count). The van der Waals surface area contributed by atoms with Crippen molar-refractivity contribution in [2.24, 2.45) is 7.05 Å². The van der Waals surface area contributed by atoms with Gasteiger partial charge in [0.25, 0.3) is 5.88 Å². The molecule has 1 aliphatic heterocycles. The molecule has 154 valence electrons. The van der Waals surface area contributed by atoms with Crippen LogP contribution in [0.25, 0.3) is 17.0 Å². The monoisotopic (exact) mass is 412 g/mol. The third-order valence-corrected chi connectivity index (χ3v) is 5.10. The molecule has 1 aliphatic rings. The number of nitrogens with zero attached hydrogens (tertiary/aromatic N) is 8. The summed E-state index contributed by atoms with van der Waals surface area (Å²) in [6.07, 6.45) is 3.60. The third kappa shape index (κ3) is 3.21. The number of halogens is 2. The number of hydrogen-bond donors (Lipinski definition) is 0. The summed E-state index contributed by atoms with van der Waals surface area (Å²) >= 11 is 0. The van der Waals surface area contributed by atoms with Gasteiger partial charge in [0.1, 0.15) is 30.3 Å². The minimum atomic E-state index is -0.740. The quantitative estimate of drug-likeness (QED) is 0.497. The van der Waals surface area contributed by atoms with Crippen LogP contribution in [0.1, 0.15) is 18.7 Å². The van der Waals surface area contributed by atoms with Crippen LogP contribution >= 0.6 is 0 Å². The van der Waals surface area contributed by atoms with Crippen LogP contribution in [0, 0.1) is 11.6 Å². The lowest BCUT2D eigenvalue weighted by Crippen LogP contribution is -2.20. The highest BCUT2D eigenvalue weighted by Crippen LogP contribution is 2.32. The van der Waals surface area contributed by atoms with Gasteiger partial charge in [0, 0.05) is 32.3 Å². The fourth-order valence-electron chi connectivity index (χ4n) is 3.52. The van der Waals surface area contributed by atoms with Crippen molar-refractivity contribution in [3.8, 4) is 17.3 Å². The molecule has 1 fully saturated rings. The molecule has 0 bridgehead atoms. The highest BCUT2D eigenvalue weighted by Gasteiger charge is 2.23. The summed E-state index contributed by atoms with van der Waals surface area (Å²) in [4.78, 5) is 6.34. The first-order valence-electron chi connectivity index (χ1n) is 9.52. The van der Waals surface area contributed by atoms with Crippen molar-refractivity contribution in [3.05, 3.63) is 48.1 Å². The van der Waals surface area contributed by atoms with E-state index >= 15 is 0 Å². The Morgan fingerprint density at radius 2 is 1.93 bits per heavy atom. The van der Waals surface area contributed by atoms with Crippen molar-refractivity contribution in [2.45, 2.75) is 19.4 Å². The minimum Gasteiger partial charge on any atom is -0.467 e. The van der Waals surface area contributed by atoms with E-state index in [-0.39, 0.29) is 18.0 Å². The summed E-state index contributed by atoms with van der Waals surface area (Å²) in [7, 11) is 1.78. The first-order chi connectivity index (χ1) is 14.6. The van der Waals surface area contributed by atoms with Crippen molar-refractivity contribution in [3.63, 3.8) is 0 Å². The highest BCUT2D eigenvalue weighted by atomic mass is 19.1. The van der Waals surface area contributed by atoms with Gasteiger partial charge in [-0.15, -0.1) is 15.3 Å². The minimum absolute atomic E-state index is 0.101. The van der Waals surface area contributed by atoms with Crippen LogP contribution in [0.4, 0.5) is 14.5 Å². The van der Waals surface area contributed by atoms with Crippen molar-refractivity contribution in [1.82, 2.24) is 34.6 Å². The van der Waals surface area contributed by atoms with Gasteiger partial charge in [-0.3, -0.25) is 4.68 Å². The first kappa shape index (κ1) is 18.4. The molecule has 0 unspecified atom stereocenters. The van der Waals surface area contributed by atoms with E-state index in [0.717, 1.165) is 37.7 Å². The smallest absolute Gasteiger partial charge is 0.256 e. The van der Waals surface area contributed by atoms with Gasteiger partial charge in [0.15, 0.2) is 17.3 Å². The van der Waals surface area contributed by atoms with Gasteiger partial charge >= 0.3 is 0 Å². The largest absolute Gasteiger partial charge is 0.467 e. The second-order valence-corrected chi connectivity index (χ2v) is 7.04. The van der Waals surface area contributed by atoms with E-state index in [1.54, 1.807) is 11.7 Å². The molecular weight excluding hydrogens is 394 g/mol. The molecule has 9 nitrogen and oxygen atoms in total. The molecule has 0 atom stereocenters. The Labute approximate surface area is 169 Å². The van der Waals surface area contributed by atoms with Gasteiger partial charge in [0.05, 0.1) is 5.56 Å². The molecular formula is C19H18F2N8O. The van der Waals surface area contributed by atoms with Crippen LogP contribution in [0.15, 0.2) is 30.6 Å². The van der Waals surface area contributed by atoms with Crippen molar-refractivity contribution < 1.29 is 13.5 Å². The Hall–Kier alpha value is -3.63. The van der Waals surface area contributed by atoms with Crippen molar-refractivity contribution in [1.29, 1.82) is 0 Å². The number of ether oxygens (including phenoxy) is 1. The molecule has 30 heavy (non-hydrogen) atoms. The molecule has 0 N–H and O–H groups in total. The topological polar surface area (TPSA) is 86.3 Å². The van der Waals surface area contributed by atoms with Gasteiger partial charge in [-0.1, -0.05) is 0 Å². The zero-order chi connectivity index (χ0) is 20.7. The van der Waals surface area contributed by atoms with E-state index in [1.165, 1.54) is 23.0 Å². The van der Waals surface area contributed by atoms with Crippen LogP contribution in [0.2, 0.25) is 0 Å². The summed E-state index contributed by atoms with van der Waals surface area (Å²) in [5.74, 6) is -0.244. The number of aromatic nitrogens is 7. The third-order valence-electron chi connectivity index (χ3n) is 5.10. The van der Waals surface area contributed by atoms with Crippen LogP contribution < -0.4 is 9.64 Å². The van der Waals surface area contributed by atoms with E-state index in [4.69, 9.17) is 4.74 Å². The molecule has 0 radical (unpaired) electrons. The maximum atomic E-state index is 14.3. The first-order valence-corrected chi connectivity index (χ1v) is 9.52. The van der Waals surface area contributed by atoms with Crippen molar-refractivity contribution in [2.75, 3.05) is 18.0 Å². The number of benzene rings is 1. The fourth-order valence-corrected chi connectivity index (χ4v) is 3.52. The lowest BCUT2D eigenvalue weighted by Gasteiger charge is -2.20. The lowest BCUT2D eigenvalue weighted by atomic mass is 10.2. The standard InChI is InChI=1S/C19H18F2N8O/c1-27-17(22-11-23-27)10-30-19-15(28-6-2-3-7-28)9-16-24-25-18(29(16)26-19)13-5-4-12(20)8-14(13)21/h4-5,8-9,11H,2-3,6-7,10H2,1H3. The van der Waals surface area contributed by atoms with E-state index in [1.807, 2.05) is 6.07 Å². The Kier molecular flexibility index (Phi) is 4.49. The zero-order valence-corrected chi connectivity index (χ0v) is 16.2. The maximum absolute atomic E-state index is 14.3. The number of rotatable bonds is 5. The SMILES string of the molecule is Cn1ncnc1COc1nn2c(-c3ccc(F)cc3F)nnc2cc1N1CCCC1. The molecule has 0 spiro atoms. The Balaban J connectivity index is 1.59.